The van der Waals surface area contributed by atoms with E-state index in [1.807, 2.05) is 35.2 Å². The molecule has 18 nitrogen and oxygen atoms in total. The highest BCUT2D eigenvalue weighted by Gasteiger charge is 2.52. The fourth-order valence-corrected chi connectivity index (χ4v) is 7.29. The van der Waals surface area contributed by atoms with Gasteiger partial charge in [-0.25, -0.2) is 14.6 Å². The van der Waals surface area contributed by atoms with Crippen LogP contribution < -0.4 is 26.2 Å². The van der Waals surface area contributed by atoms with Gasteiger partial charge in [-0.15, -0.1) is 0 Å². The Morgan fingerprint density at radius 3 is 2.51 bits per heavy atom. The second-order valence-electron chi connectivity index (χ2n) is 13.6. The number of aromatic hydroxyl groups is 1. The largest absolute Gasteiger partial charge is 0.508 e. The molecule has 4 aromatic rings. The number of aliphatic hydroxyl groups excluding tert-OH is 4. The van der Waals surface area contributed by atoms with Crippen LogP contribution in [0.25, 0.3) is 11.2 Å². The van der Waals surface area contributed by atoms with Crippen molar-refractivity contribution in [1.82, 2.24) is 40.4 Å². The Kier molecular flexibility index (Phi) is 10.3. The average molecular weight is 731 g/mol. The van der Waals surface area contributed by atoms with Crippen LogP contribution in [0, 0.1) is 0 Å². The van der Waals surface area contributed by atoms with Gasteiger partial charge in [0.1, 0.15) is 24.0 Å². The van der Waals surface area contributed by atoms with Gasteiger partial charge >= 0.3 is 12.1 Å². The minimum Gasteiger partial charge on any atom is -0.508 e. The van der Waals surface area contributed by atoms with Gasteiger partial charge in [0.15, 0.2) is 17.0 Å². The predicted molar refractivity (Wildman–Crippen MR) is 190 cm³/mol. The Morgan fingerprint density at radius 2 is 1.77 bits per heavy atom. The topological polar surface area (TPSA) is 251 Å². The summed E-state index contributed by atoms with van der Waals surface area (Å²) in [5, 5.41) is 63.5. The molecule has 7 rings (SSSR count). The molecule has 7 unspecified atom stereocenters. The van der Waals surface area contributed by atoms with Crippen molar-refractivity contribution >= 4 is 40.9 Å². The van der Waals surface area contributed by atoms with Crippen molar-refractivity contribution in [2.24, 2.45) is 0 Å². The maximum absolute atomic E-state index is 12.9. The van der Waals surface area contributed by atoms with Gasteiger partial charge in [-0.1, -0.05) is 42.5 Å². The van der Waals surface area contributed by atoms with Crippen LogP contribution in [0.3, 0.4) is 0 Å². The number of phenols is 1. The maximum Gasteiger partial charge on any atom is 0.325 e. The number of anilines is 2. The number of benzene rings is 2. The van der Waals surface area contributed by atoms with Gasteiger partial charge in [0, 0.05) is 25.7 Å². The third-order valence-electron chi connectivity index (χ3n) is 10.0. The number of phenolic OH excluding ortho intramolecular Hbond substituents is 1. The van der Waals surface area contributed by atoms with Gasteiger partial charge < -0.3 is 56.3 Å². The predicted octanol–water partition coefficient (Wildman–Crippen LogP) is -0.427. The number of imidazole rings is 1. The molecule has 3 aliphatic rings. The van der Waals surface area contributed by atoms with Crippen LogP contribution in [-0.2, 0) is 17.8 Å². The second kappa shape index (κ2) is 15.2. The normalized spacial score (nSPS) is 24.8. The van der Waals surface area contributed by atoms with E-state index in [0.29, 0.717) is 48.9 Å². The number of hydrogen-bond donors (Lipinski definition) is 9. The number of fused-ring (bicyclic) bond motifs is 1. The molecule has 7 atom stereocenters. The van der Waals surface area contributed by atoms with Gasteiger partial charge in [0.25, 0.3) is 5.91 Å². The van der Waals surface area contributed by atoms with Crippen LogP contribution in [0.15, 0.2) is 60.9 Å². The molecule has 0 spiro atoms. The first-order chi connectivity index (χ1) is 25.6. The summed E-state index contributed by atoms with van der Waals surface area (Å²) in [5.41, 5.74) is 2.37. The van der Waals surface area contributed by atoms with Crippen LogP contribution >= 0.6 is 0 Å². The summed E-state index contributed by atoms with van der Waals surface area (Å²) in [7, 11) is 0. The summed E-state index contributed by atoms with van der Waals surface area (Å²) in [5.74, 6) is 0.0349. The molecule has 5 amide bonds. The van der Waals surface area contributed by atoms with E-state index in [9.17, 15) is 39.9 Å². The minimum absolute atomic E-state index is 0.0199. The molecule has 1 saturated carbocycles. The SMILES string of the molecule is O=C(NCc1cccc(O)c1)NC1CCN(c2nc(NC(CO)Cc3ccccc3)c3ncn(C4CC(N5C(=O)NC(CO)C5=O)C(O)C4O)c3n2)C1. The minimum atomic E-state index is -1.49. The Morgan fingerprint density at radius 1 is 1.00 bits per heavy atom. The second-order valence-corrected chi connectivity index (χ2v) is 13.6. The van der Waals surface area contributed by atoms with E-state index in [1.54, 1.807) is 28.8 Å². The number of aromatic nitrogens is 4. The van der Waals surface area contributed by atoms with Crippen LogP contribution in [-0.4, -0.2) is 131 Å². The first-order valence-electron chi connectivity index (χ1n) is 17.5. The third-order valence-corrected chi connectivity index (χ3v) is 10.0. The fourth-order valence-electron chi connectivity index (χ4n) is 7.29. The van der Waals surface area contributed by atoms with Crippen molar-refractivity contribution < 1.29 is 39.9 Å². The number of amides is 5. The molecule has 1 aliphatic carbocycles. The third kappa shape index (κ3) is 7.39. The number of rotatable bonds is 12. The van der Waals surface area contributed by atoms with E-state index in [2.05, 4.69) is 26.3 Å². The first kappa shape index (κ1) is 35.8. The zero-order chi connectivity index (χ0) is 37.2. The lowest BCUT2D eigenvalue weighted by Gasteiger charge is -2.24. The molecule has 3 fully saturated rings. The molecule has 2 aliphatic heterocycles. The molecule has 0 radical (unpaired) electrons. The number of carbonyl (C=O) groups excluding carboxylic acids is 3. The summed E-state index contributed by atoms with van der Waals surface area (Å²) in [6.07, 6.45) is -0.404. The van der Waals surface area contributed by atoms with E-state index < -0.39 is 54.9 Å². The van der Waals surface area contributed by atoms with Crippen molar-refractivity contribution in [2.75, 3.05) is 36.5 Å². The Hall–Kier alpha value is -5.56. The molecule has 2 aromatic heterocycles. The van der Waals surface area contributed by atoms with Gasteiger partial charge in [-0.05, 0) is 42.5 Å². The molecule has 280 valence electrons. The molecule has 53 heavy (non-hydrogen) atoms. The van der Waals surface area contributed by atoms with Gasteiger partial charge in [0.2, 0.25) is 5.95 Å². The first-order valence-corrected chi connectivity index (χ1v) is 17.5. The Labute approximate surface area is 303 Å². The van der Waals surface area contributed by atoms with Crippen molar-refractivity contribution in [3.63, 3.8) is 0 Å². The molecule has 2 aromatic carbocycles. The van der Waals surface area contributed by atoms with Gasteiger partial charge in [0.05, 0.1) is 37.7 Å². The molecule has 18 heteroatoms. The van der Waals surface area contributed by atoms with Crippen molar-refractivity contribution in [2.45, 2.75) is 68.2 Å². The summed E-state index contributed by atoms with van der Waals surface area (Å²) in [6.45, 7) is 0.269. The highest BCUT2D eigenvalue weighted by molar-refractivity contribution is 6.04. The summed E-state index contributed by atoms with van der Waals surface area (Å²) < 4.78 is 1.59. The number of carbonyl (C=O) groups is 3. The Balaban J connectivity index is 1.15. The summed E-state index contributed by atoms with van der Waals surface area (Å²) >= 11 is 0. The van der Waals surface area contributed by atoms with Crippen LogP contribution in [0.4, 0.5) is 21.4 Å². The molecule has 0 bridgehead atoms. The van der Waals surface area contributed by atoms with E-state index in [0.717, 1.165) is 16.0 Å². The number of aliphatic hydroxyl groups is 4. The number of urea groups is 2. The quantitative estimate of drug-likeness (QED) is 0.0841. The standard InChI is InChI=1S/C35H42N10O8/c46-16-22(11-19-5-2-1-3-6-19)38-30-27-31(44(18-37-27)25-13-26(29(50)28(25)49)45-32(51)24(17-47)40-35(45)53)42-33(41-30)43-10-9-21(15-43)39-34(52)36-14-20-7-4-8-23(48)12-20/h1-8,12,18,21-22,24-26,28-29,46-50H,9-11,13-17H2,(H,40,53)(H2,36,39,52)(H,38,41,42). The highest BCUT2D eigenvalue weighted by atomic mass is 16.3. The Bertz CT molecular complexity index is 1960. The van der Waals surface area contributed by atoms with E-state index in [4.69, 9.17) is 9.97 Å². The lowest BCUT2D eigenvalue weighted by Crippen LogP contribution is -2.47. The molecular formula is C35H42N10O8. The number of imide groups is 1. The highest BCUT2D eigenvalue weighted by Crippen LogP contribution is 2.38. The smallest absolute Gasteiger partial charge is 0.325 e. The van der Waals surface area contributed by atoms with Crippen molar-refractivity contribution in [3.8, 4) is 5.75 Å². The van der Waals surface area contributed by atoms with Crippen LogP contribution in [0.1, 0.15) is 30.0 Å². The lowest BCUT2D eigenvalue weighted by atomic mass is 10.1. The number of nitrogens with one attached hydrogen (secondary N) is 4. The van der Waals surface area contributed by atoms with Crippen LogP contribution in [0.5, 0.6) is 5.75 Å². The van der Waals surface area contributed by atoms with Crippen molar-refractivity contribution in [3.05, 3.63) is 72.1 Å². The van der Waals surface area contributed by atoms with Crippen molar-refractivity contribution in [1.29, 1.82) is 0 Å². The molecule has 2 saturated heterocycles. The molecule has 9 N–H and O–H groups in total. The van der Waals surface area contributed by atoms with Crippen LogP contribution in [0.2, 0.25) is 0 Å². The van der Waals surface area contributed by atoms with E-state index in [-0.39, 0.29) is 37.4 Å². The summed E-state index contributed by atoms with van der Waals surface area (Å²) in [6, 6.07) is 11.3. The van der Waals surface area contributed by atoms with E-state index >= 15 is 0 Å². The molecular weight excluding hydrogens is 688 g/mol. The number of hydrogen-bond acceptors (Lipinski definition) is 13. The zero-order valence-corrected chi connectivity index (χ0v) is 28.6. The lowest BCUT2D eigenvalue weighted by molar-refractivity contribution is -0.131. The molecule has 4 heterocycles. The van der Waals surface area contributed by atoms with Gasteiger partial charge in [-0.2, -0.15) is 9.97 Å². The summed E-state index contributed by atoms with van der Waals surface area (Å²) in [4.78, 5) is 55.3. The fraction of sp³-hybridized carbons (Fsp3) is 0.429. The maximum atomic E-state index is 12.9. The monoisotopic (exact) mass is 730 g/mol. The van der Waals surface area contributed by atoms with E-state index in [1.165, 1.54) is 6.33 Å². The van der Waals surface area contributed by atoms with Gasteiger partial charge in [-0.3, -0.25) is 9.69 Å². The zero-order valence-electron chi connectivity index (χ0n) is 28.6. The number of nitrogens with zero attached hydrogens (tertiary/aromatic N) is 6. The average Bonchev–Trinajstić information content (AvgIpc) is 3.93.